The minimum Gasteiger partial charge on any atom is -0.476 e. The number of nitrogens with zero attached hydrogens (tertiary/aromatic N) is 2. The maximum atomic E-state index is 12.4. The minimum atomic E-state index is -3.51. The minimum absolute atomic E-state index is 0.0608. The molecule has 1 aromatic heterocycles. The molecule has 0 spiro atoms. The number of hydrogen-bond donors (Lipinski definition) is 1. The Morgan fingerprint density at radius 2 is 2.12 bits per heavy atom. The molecule has 0 bridgehead atoms. The quantitative estimate of drug-likeness (QED) is 0.889. The van der Waals surface area contributed by atoms with Crippen LogP contribution in [0.5, 0.6) is 5.75 Å². The highest BCUT2D eigenvalue weighted by Gasteiger charge is 2.34. The fourth-order valence-electron chi connectivity index (χ4n) is 2.46. The summed E-state index contributed by atoms with van der Waals surface area (Å²) in [5, 5.41) is 2.75. The van der Waals surface area contributed by atoms with Crippen molar-refractivity contribution in [3.05, 3.63) is 54.4 Å². The van der Waals surface area contributed by atoms with Gasteiger partial charge in [-0.1, -0.05) is 18.2 Å². The van der Waals surface area contributed by atoms with E-state index in [1.807, 2.05) is 6.07 Å². The number of para-hydroxylation sites is 2. The number of pyridine rings is 1. The van der Waals surface area contributed by atoms with Crippen molar-refractivity contribution >= 4 is 21.6 Å². The molecule has 2 aromatic rings. The van der Waals surface area contributed by atoms with Crippen LogP contribution in [0.2, 0.25) is 0 Å². The fraction of sp³-hybridized carbons (Fsp3) is 0.250. The van der Waals surface area contributed by atoms with Gasteiger partial charge in [0, 0.05) is 18.9 Å². The van der Waals surface area contributed by atoms with Gasteiger partial charge in [0.1, 0.15) is 5.75 Å². The molecular weight excluding hydrogens is 330 g/mol. The van der Waals surface area contributed by atoms with Gasteiger partial charge in [-0.05, 0) is 23.8 Å². The number of benzene rings is 1. The third-order valence-electron chi connectivity index (χ3n) is 3.62. The van der Waals surface area contributed by atoms with E-state index in [9.17, 15) is 13.2 Å². The summed E-state index contributed by atoms with van der Waals surface area (Å²) < 4.78 is 30.9. The van der Waals surface area contributed by atoms with E-state index in [1.165, 1.54) is 4.31 Å². The van der Waals surface area contributed by atoms with Crippen LogP contribution in [0.3, 0.4) is 0 Å². The van der Waals surface area contributed by atoms with Crippen LogP contribution >= 0.6 is 0 Å². The van der Waals surface area contributed by atoms with Gasteiger partial charge in [-0.3, -0.25) is 14.1 Å². The van der Waals surface area contributed by atoms with Crippen LogP contribution in [0.15, 0.2) is 48.8 Å². The van der Waals surface area contributed by atoms with Crippen LogP contribution in [0.4, 0.5) is 5.69 Å². The zero-order chi connectivity index (χ0) is 17.2. The second-order valence-electron chi connectivity index (χ2n) is 5.45. The van der Waals surface area contributed by atoms with Crippen LogP contribution in [-0.2, 0) is 21.4 Å². The molecule has 1 amide bonds. The number of rotatable bonds is 4. The summed E-state index contributed by atoms with van der Waals surface area (Å²) in [6.45, 7) is 0.238. The first-order valence-corrected chi connectivity index (χ1v) is 9.20. The van der Waals surface area contributed by atoms with Crippen molar-refractivity contribution < 1.29 is 17.9 Å². The number of hydrogen-bond acceptors (Lipinski definition) is 5. The molecule has 1 aliphatic heterocycles. The summed E-state index contributed by atoms with van der Waals surface area (Å²) in [4.78, 5) is 16.4. The van der Waals surface area contributed by atoms with E-state index in [0.717, 1.165) is 11.8 Å². The van der Waals surface area contributed by atoms with E-state index in [1.54, 1.807) is 42.7 Å². The average Bonchev–Trinajstić information content (AvgIpc) is 2.58. The van der Waals surface area contributed by atoms with Gasteiger partial charge in [0.15, 0.2) is 6.10 Å². The van der Waals surface area contributed by atoms with Gasteiger partial charge in [-0.2, -0.15) is 0 Å². The smallest absolute Gasteiger partial charge is 0.263 e. The van der Waals surface area contributed by atoms with E-state index >= 15 is 0 Å². The Hall–Kier alpha value is -2.61. The first kappa shape index (κ1) is 16.3. The molecule has 3 rings (SSSR count). The van der Waals surface area contributed by atoms with E-state index in [4.69, 9.17) is 4.74 Å². The van der Waals surface area contributed by atoms with Gasteiger partial charge in [0.2, 0.25) is 10.0 Å². The second kappa shape index (κ2) is 6.48. The van der Waals surface area contributed by atoms with E-state index in [2.05, 4.69) is 10.3 Å². The zero-order valence-electron chi connectivity index (χ0n) is 13.0. The number of anilines is 1. The monoisotopic (exact) mass is 347 g/mol. The summed E-state index contributed by atoms with van der Waals surface area (Å²) in [7, 11) is -3.51. The lowest BCUT2D eigenvalue weighted by molar-refractivity contribution is -0.127. The normalized spacial score (nSPS) is 16.9. The van der Waals surface area contributed by atoms with Crippen LogP contribution in [0, 0.1) is 0 Å². The molecule has 7 nitrogen and oxygen atoms in total. The lowest BCUT2D eigenvalue weighted by Crippen LogP contribution is -2.50. The topological polar surface area (TPSA) is 88.6 Å². The first-order valence-electron chi connectivity index (χ1n) is 7.35. The molecule has 1 aliphatic rings. The highest BCUT2D eigenvalue weighted by atomic mass is 32.2. The highest BCUT2D eigenvalue weighted by Crippen LogP contribution is 2.34. The van der Waals surface area contributed by atoms with Gasteiger partial charge in [-0.25, -0.2) is 8.42 Å². The Kier molecular flexibility index (Phi) is 4.39. The van der Waals surface area contributed by atoms with Gasteiger partial charge in [0.05, 0.1) is 18.5 Å². The molecule has 8 heteroatoms. The number of ether oxygens (including phenoxy) is 1. The molecular formula is C16H17N3O4S. The number of fused-ring (bicyclic) bond motifs is 1. The lowest BCUT2D eigenvalue weighted by Gasteiger charge is -2.33. The SMILES string of the molecule is CS(=O)(=O)N1C[C@H](C(=O)NCc2cccnc2)Oc2ccccc21. The maximum Gasteiger partial charge on any atom is 0.263 e. The van der Waals surface area contributed by atoms with Crippen molar-refractivity contribution in [1.82, 2.24) is 10.3 Å². The Balaban J connectivity index is 1.76. The third-order valence-corrected chi connectivity index (χ3v) is 4.76. The molecule has 0 radical (unpaired) electrons. The number of sulfonamides is 1. The molecule has 0 saturated heterocycles. The second-order valence-corrected chi connectivity index (χ2v) is 7.35. The van der Waals surface area contributed by atoms with Crippen LogP contribution < -0.4 is 14.4 Å². The van der Waals surface area contributed by atoms with Crippen molar-refractivity contribution in [2.75, 3.05) is 17.1 Å². The molecule has 2 heterocycles. The van der Waals surface area contributed by atoms with E-state index in [-0.39, 0.29) is 12.5 Å². The number of amides is 1. The molecule has 0 fully saturated rings. The Morgan fingerprint density at radius 1 is 1.33 bits per heavy atom. The van der Waals surface area contributed by atoms with Crippen LogP contribution in [0.25, 0.3) is 0 Å². The maximum absolute atomic E-state index is 12.4. The van der Waals surface area contributed by atoms with Crippen molar-refractivity contribution in [2.24, 2.45) is 0 Å². The van der Waals surface area contributed by atoms with Crippen molar-refractivity contribution in [3.63, 3.8) is 0 Å². The van der Waals surface area contributed by atoms with Crippen molar-refractivity contribution in [3.8, 4) is 5.75 Å². The predicted molar refractivity (Wildman–Crippen MR) is 89.1 cm³/mol. The molecule has 1 aromatic carbocycles. The standard InChI is InChI=1S/C16H17N3O4S/c1-24(21,22)19-11-15(23-14-7-3-2-6-13(14)19)16(20)18-10-12-5-4-8-17-9-12/h2-9,15H,10-11H2,1H3,(H,18,20)/t15-/m1/s1. The van der Waals surface area contributed by atoms with E-state index < -0.39 is 16.1 Å². The average molecular weight is 347 g/mol. The van der Waals surface area contributed by atoms with Crippen LogP contribution in [-0.4, -0.2) is 38.2 Å². The molecule has 0 saturated carbocycles. The summed E-state index contributed by atoms with van der Waals surface area (Å²) >= 11 is 0. The first-order chi connectivity index (χ1) is 11.4. The molecule has 24 heavy (non-hydrogen) atoms. The van der Waals surface area contributed by atoms with Gasteiger partial charge < -0.3 is 10.1 Å². The molecule has 126 valence electrons. The van der Waals surface area contributed by atoms with Gasteiger partial charge >= 0.3 is 0 Å². The Labute approximate surface area is 140 Å². The molecule has 1 atom stereocenters. The Morgan fingerprint density at radius 3 is 2.83 bits per heavy atom. The zero-order valence-corrected chi connectivity index (χ0v) is 13.9. The molecule has 0 aliphatic carbocycles. The molecule has 0 unspecified atom stereocenters. The summed E-state index contributed by atoms with van der Waals surface area (Å²) in [6, 6.07) is 10.4. The summed E-state index contributed by atoms with van der Waals surface area (Å²) in [5.74, 6) is -0.00212. The number of nitrogens with one attached hydrogen (secondary N) is 1. The third kappa shape index (κ3) is 3.48. The predicted octanol–water partition coefficient (Wildman–Crippen LogP) is 0.925. The number of carbonyl (C=O) groups is 1. The summed E-state index contributed by atoms with van der Waals surface area (Å²) in [6.07, 6.45) is 3.50. The number of carbonyl (C=O) groups excluding carboxylic acids is 1. The van der Waals surface area contributed by atoms with Gasteiger partial charge in [0.25, 0.3) is 5.91 Å². The lowest BCUT2D eigenvalue weighted by atomic mass is 10.2. The largest absolute Gasteiger partial charge is 0.476 e. The number of aromatic nitrogens is 1. The highest BCUT2D eigenvalue weighted by molar-refractivity contribution is 7.92. The van der Waals surface area contributed by atoms with E-state index in [0.29, 0.717) is 18.0 Å². The van der Waals surface area contributed by atoms with Crippen LogP contribution in [0.1, 0.15) is 5.56 Å². The van der Waals surface area contributed by atoms with Crippen molar-refractivity contribution in [2.45, 2.75) is 12.6 Å². The fourth-order valence-corrected chi connectivity index (χ4v) is 3.37. The summed E-state index contributed by atoms with van der Waals surface area (Å²) in [5.41, 5.74) is 1.29. The Bertz CT molecular complexity index is 839. The molecule has 1 N–H and O–H groups in total. The van der Waals surface area contributed by atoms with Crippen molar-refractivity contribution in [1.29, 1.82) is 0 Å². The van der Waals surface area contributed by atoms with Gasteiger partial charge in [-0.15, -0.1) is 0 Å².